The number of thiophene rings is 1. The average Bonchev–Trinajstić information content (AvgIpc) is 2.50. The second-order valence-corrected chi connectivity index (χ2v) is 5.37. The van der Waals surface area contributed by atoms with Crippen LogP contribution in [0.25, 0.3) is 10.2 Å². The van der Waals surface area contributed by atoms with Gasteiger partial charge in [0.25, 0.3) is 0 Å². The van der Waals surface area contributed by atoms with Gasteiger partial charge in [0.1, 0.15) is 5.15 Å². The molecular weight excluding hydrogens is 325 g/mol. The number of halogens is 2. The number of rotatable bonds is 1. The number of aromatic nitrogens is 1. The van der Waals surface area contributed by atoms with E-state index in [-0.39, 0.29) is 0 Å². The molecule has 0 aliphatic rings. The van der Waals surface area contributed by atoms with Crippen molar-refractivity contribution in [3.8, 4) is 0 Å². The molecule has 0 fully saturated rings. The zero-order chi connectivity index (χ0) is 8.55. The van der Waals surface area contributed by atoms with Crippen LogP contribution in [0.2, 0.25) is 5.15 Å². The van der Waals surface area contributed by atoms with E-state index in [1.54, 1.807) is 20.3 Å². The molecule has 2 rings (SSSR count). The van der Waals surface area contributed by atoms with Crippen molar-refractivity contribution in [2.75, 3.05) is 0 Å². The lowest BCUT2D eigenvalue weighted by molar-refractivity contribution is 1.38. The summed E-state index contributed by atoms with van der Waals surface area (Å²) in [4.78, 5) is 5.40. The van der Waals surface area contributed by atoms with E-state index in [0.29, 0.717) is 5.15 Å². The lowest BCUT2D eigenvalue weighted by Gasteiger charge is -1.96. The van der Waals surface area contributed by atoms with Crippen molar-refractivity contribution in [2.45, 2.75) is 4.90 Å². The molecular formula is C7H3ClINS2. The zero-order valence-corrected chi connectivity index (χ0v) is 10.3. The molecule has 0 amide bonds. The summed E-state index contributed by atoms with van der Waals surface area (Å²) in [6, 6.07) is 3.89. The maximum Gasteiger partial charge on any atom is 0.130 e. The van der Waals surface area contributed by atoms with Gasteiger partial charge in [0.15, 0.2) is 0 Å². The third-order valence-electron chi connectivity index (χ3n) is 1.43. The number of hydrogen-bond acceptors (Lipinski definition) is 3. The molecule has 12 heavy (non-hydrogen) atoms. The highest BCUT2D eigenvalue weighted by atomic mass is 127. The Balaban J connectivity index is 2.80. The van der Waals surface area contributed by atoms with Gasteiger partial charge < -0.3 is 0 Å². The monoisotopic (exact) mass is 327 g/mol. The number of fused-ring (bicyclic) bond motifs is 1. The fourth-order valence-corrected chi connectivity index (χ4v) is 4.05. The first-order valence-corrected chi connectivity index (χ1v) is 7.75. The molecule has 0 saturated heterocycles. The Morgan fingerprint density at radius 3 is 3.17 bits per heavy atom. The molecule has 0 radical (unpaired) electrons. The molecule has 0 unspecified atom stereocenters. The Bertz CT molecular complexity index is 415. The van der Waals surface area contributed by atoms with Crippen molar-refractivity contribution in [3.63, 3.8) is 0 Å². The average molecular weight is 328 g/mol. The van der Waals surface area contributed by atoms with E-state index in [9.17, 15) is 0 Å². The van der Waals surface area contributed by atoms with Crippen molar-refractivity contribution in [1.29, 1.82) is 0 Å². The molecule has 2 aromatic heterocycles. The molecule has 0 N–H and O–H groups in total. The maximum atomic E-state index is 5.84. The quantitative estimate of drug-likeness (QED) is 0.569. The van der Waals surface area contributed by atoms with Gasteiger partial charge in [-0.2, -0.15) is 0 Å². The standard InChI is InChI=1S/C7H3ClINS2/c8-6-3-5(12-9)7-4(10-6)1-2-11-7/h1-3H. The predicted octanol–water partition coefficient (Wildman–Crippen LogP) is 4.39. The van der Waals surface area contributed by atoms with Gasteiger partial charge >= 0.3 is 0 Å². The van der Waals surface area contributed by atoms with Gasteiger partial charge in [0.2, 0.25) is 0 Å². The number of hydrogen-bond donors (Lipinski definition) is 0. The first kappa shape index (κ1) is 9.05. The first-order chi connectivity index (χ1) is 5.81. The number of pyridine rings is 1. The van der Waals surface area contributed by atoms with Gasteiger partial charge in [-0.05, 0) is 17.5 Å². The SMILES string of the molecule is Clc1cc(SI)c2sccc2n1. The molecule has 2 aromatic rings. The summed E-state index contributed by atoms with van der Waals surface area (Å²) in [5.74, 6) is 0. The van der Waals surface area contributed by atoms with Crippen molar-refractivity contribution in [3.05, 3.63) is 22.7 Å². The largest absolute Gasteiger partial charge is 0.235 e. The summed E-state index contributed by atoms with van der Waals surface area (Å²) < 4.78 is 1.22. The fraction of sp³-hybridized carbons (Fsp3) is 0. The summed E-state index contributed by atoms with van der Waals surface area (Å²) in [5, 5.41) is 2.60. The van der Waals surface area contributed by atoms with Crippen molar-refractivity contribution >= 4 is 63.3 Å². The van der Waals surface area contributed by atoms with E-state index in [0.717, 1.165) is 5.52 Å². The summed E-state index contributed by atoms with van der Waals surface area (Å²) in [6.45, 7) is 0. The van der Waals surface area contributed by atoms with E-state index in [1.807, 2.05) is 17.5 Å². The van der Waals surface area contributed by atoms with E-state index in [4.69, 9.17) is 11.6 Å². The first-order valence-electron chi connectivity index (χ1n) is 3.13. The van der Waals surface area contributed by atoms with Gasteiger partial charge in [0, 0.05) is 26.1 Å². The van der Waals surface area contributed by atoms with Gasteiger partial charge in [-0.3, -0.25) is 0 Å². The highest BCUT2D eigenvalue weighted by Gasteiger charge is 2.04. The van der Waals surface area contributed by atoms with E-state index < -0.39 is 0 Å². The minimum absolute atomic E-state index is 0.570. The van der Waals surface area contributed by atoms with Crippen LogP contribution in [0.1, 0.15) is 0 Å². The lowest BCUT2D eigenvalue weighted by Crippen LogP contribution is -1.76. The fourth-order valence-electron chi connectivity index (χ4n) is 0.953. The van der Waals surface area contributed by atoms with Crippen LogP contribution in [0, 0.1) is 0 Å². The highest BCUT2D eigenvalue weighted by molar-refractivity contribution is 14.2. The summed E-state index contributed by atoms with van der Waals surface area (Å²) in [6.07, 6.45) is 0. The van der Waals surface area contributed by atoms with E-state index in [2.05, 4.69) is 26.2 Å². The molecule has 2 heterocycles. The Kier molecular flexibility index (Phi) is 2.78. The molecule has 0 saturated carbocycles. The molecule has 0 aliphatic carbocycles. The van der Waals surface area contributed by atoms with Crippen molar-refractivity contribution < 1.29 is 0 Å². The summed E-state index contributed by atoms with van der Waals surface area (Å²) in [7, 11) is 1.67. The van der Waals surface area contributed by atoms with Crippen LogP contribution >= 0.6 is 53.1 Å². The van der Waals surface area contributed by atoms with E-state index in [1.165, 1.54) is 9.60 Å². The second-order valence-electron chi connectivity index (χ2n) is 2.16. The number of nitrogens with zero attached hydrogens (tertiary/aromatic N) is 1. The Morgan fingerprint density at radius 2 is 2.42 bits per heavy atom. The van der Waals surface area contributed by atoms with Crippen LogP contribution in [0.15, 0.2) is 22.4 Å². The second kappa shape index (κ2) is 3.69. The minimum Gasteiger partial charge on any atom is -0.235 e. The molecule has 0 aromatic carbocycles. The molecule has 1 nitrogen and oxygen atoms in total. The summed E-state index contributed by atoms with van der Waals surface area (Å²) >= 11 is 9.79. The van der Waals surface area contributed by atoms with Crippen LogP contribution in [-0.4, -0.2) is 4.98 Å². The lowest BCUT2D eigenvalue weighted by atomic mass is 10.4. The van der Waals surface area contributed by atoms with E-state index >= 15 is 0 Å². The van der Waals surface area contributed by atoms with Gasteiger partial charge in [-0.15, -0.1) is 11.3 Å². The van der Waals surface area contributed by atoms with Crippen LogP contribution in [0.5, 0.6) is 0 Å². The maximum absolute atomic E-state index is 5.84. The molecule has 0 atom stereocenters. The van der Waals surface area contributed by atoms with Gasteiger partial charge in [-0.25, -0.2) is 4.98 Å². The predicted molar refractivity (Wildman–Crippen MR) is 64.5 cm³/mol. The Labute approximate surface area is 95.1 Å². The van der Waals surface area contributed by atoms with Gasteiger partial charge in [0.05, 0.1) is 10.2 Å². The Morgan fingerprint density at radius 1 is 1.58 bits per heavy atom. The third-order valence-corrected chi connectivity index (χ3v) is 4.60. The Hall–Kier alpha value is 0.480. The van der Waals surface area contributed by atoms with Crippen molar-refractivity contribution in [1.82, 2.24) is 4.98 Å². The van der Waals surface area contributed by atoms with Crippen LogP contribution in [0.3, 0.4) is 0 Å². The van der Waals surface area contributed by atoms with Crippen LogP contribution in [-0.2, 0) is 0 Å². The molecule has 5 heteroatoms. The topological polar surface area (TPSA) is 12.9 Å². The smallest absolute Gasteiger partial charge is 0.130 e. The highest BCUT2D eigenvalue weighted by Crippen LogP contribution is 2.36. The van der Waals surface area contributed by atoms with Crippen LogP contribution < -0.4 is 0 Å². The molecule has 0 spiro atoms. The zero-order valence-electron chi connectivity index (χ0n) is 5.75. The van der Waals surface area contributed by atoms with Crippen molar-refractivity contribution in [2.24, 2.45) is 0 Å². The molecule has 62 valence electrons. The van der Waals surface area contributed by atoms with Gasteiger partial charge in [-0.1, -0.05) is 20.5 Å². The van der Waals surface area contributed by atoms with Crippen LogP contribution in [0.4, 0.5) is 0 Å². The molecule has 0 aliphatic heterocycles. The summed E-state index contributed by atoms with van der Waals surface area (Å²) in [5.41, 5.74) is 0.992. The normalized spacial score (nSPS) is 10.8. The third kappa shape index (κ3) is 1.57. The minimum atomic E-state index is 0.570. The molecule has 0 bridgehead atoms.